The van der Waals surface area contributed by atoms with Gasteiger partial charge in [-0.3, -0.25) is 14.5 Å². The standard InChI is InChI=1S/C27H22FNO3/c28-22-13-7-6-12-21(22)24-23(26(31)27(32)29(24)20-10-2-1-3-11-20)25(30)19-15-14-17-8-4-5-9-18(17)16-19/h1-3,6-7,10-16,24,30H,4-5,8-9H2/b25-23+. The second-order valence-corrected chi connectivity index (χ2v) is 8.22. The molecule has 1 aliphatic carbocycles. The van der Waals surface area contributed by atoms with Gasteiger partial charge in [0.15, 0.2) is 0 Å². The number of hydrogen-bond acceptors (Lipinski definition) is 3. The second kappa shape index (κ2) is 8.08. The lowest BCUT2D eigenvalue weighted by Crippen LogP contribution is -2.29. The van der Waals surface area contributed by atoms with Gasteiger partial charge < -0.3 is 5.11 Å². The van der Waals surface area contributed by atoms with Gasteiger partial charge in [-0.2, -0.15) is 0 Å². The van der Waals surface area contributed by atoms with Crippen molar-refractivity contribution in [3.8, 4) is 0 Å². The van der Waals surface area contributed by atoms with Crippen molar-refractivity contribution >= 4 is 23.1 Å². The summed E-state index contributed by atoms with van der Waals surface area (Å²) in [6, 6.07) is 19.3. The first kappa shape index (κ1) is 20.2. The second-order valence-electron chi connectivity index (χ2n) is 8.22. The molecule has 0 spiro atoms. The number of para-hydroxylation sites is 1. The van der Waals surface area contributed by atoms with Crippen molar-refractivity contribution in [1.82, 2.24) is 0 Å². The summed E-state index contributed by atoms with van der Waals surface area (Å²) in [5.74, 6) is -2.43. The van der Waals surface area contributed by atoms with Crippen LogP contribution in [0.5, 0.6) is 0 Å². The molecular formula is C27H22FNO3. The fourth-order valence-electron chi connectivity index (χ4n) is 4.71. The smallest absolute Gasteiger partial charge is 0.300 e. The molecule has 1 unspecified atom stereocenters. The van der Waals surface area contributed by atoms with Crippen LogP contribution >= 0.6 is 0 Å². The molecule has 3 aromatic rings. The summed E-state index contributed by atoms with van der Waals surface area (Å²) >= 11 is 0. The van der Waals surface area contributed by atoms with E-state index in [1.54, 1.807) is 54.6 Å². The van der Waals surface area contributed by atoms with Gasteiger partial charge >= 0.3 is 0 Å². The molecule has 1 atom stereocenters. The van der Waals surface area contributed by atoms with Gasteiger partial charge in [-0.15, -0.1) is 0 Å². The average Bonchev–Trinajstić information content (AvgIpc) is 3.09. The predicted molar refractivity (Wildman–Crippen MR) is 121 cm³/mol. The summed E-state index contributed by atoms with van der Waals surface area (Å²) < 4.78 is 14.9. The first-order valence-electron chi connectivity index (χ1n) is 10.8. The fourth-order valence-corrected chi connectivity index (χ4v) is 4.71. The van der Waals surface area contributed by atoms with Crippen molar-refractivity contribution in [1.29, 1.82) is 0 Å². The molecule has 4 nitrogen and oxygen atoms in total. The maximum atomic E-state index is 14.9. The molecule has 1 amide bonds. The van der Waals surface area contributed by atoms with Gasteiger partial charge in [0.1, 0.15) is 11.6 Å². The number of carbonyl (C=O) groups is 2. The maximum Gasteiger partial charge on any atom is 0.300 e. The number of Topliss-reactive ketones (excluding diaryl/α,β-unsaturated/α-hetero) is 1. The highest BCUT2D eigenvalue weighted by atomic mass is 19.1. The summed E-state index contributed by atoms with van der Waals surface area (Å²) in [4.78, 5) is 27.5. The van der Waals surface area contributed by atoms with E-state index in [4.69, 9.17) is 0 Å². The summed E-state index contributed by atoms with van der Waals surface area (Å²) in [5, 5.41) is 11.3. The molecule has 0 saturated carbocycles. The SMILES string of the molecule is O=C1C(=O)N(c2ccccc2)C(c2ccccc2F)/C1=C(\O)c1ccc2c(c1)CCCC2. The highest BCUT2D eigenvalue weighted by Gasteiger charge is 2.47. The molecular weight excluding hydrogens is 405 g/mol. The zero-order chi connectivity index (χ0) is 22.2. The van der Waals surface area contributed by atoms with Crippen LogP contribution in [0, 0.1) is 5.82 Å². The summed E-state index contributed by atoms with van der Waals surface area (Å²) in [5.41, 5.74) is 3.38. The molecule has 1 fully saturated rings. The molecule has 32 heavy (non-hydrogen) atoms. The van der Waals surface area contributed by atoms with Gasteiger partial charge in [-0.25, -0.2) is 4.39 Å². The number of hydrogen-bond donors (Lipinski definition) is 1. The zero-order valence-corrected chi connectivity index (χ0v) is 17.4. The Bertz CT molecular complexity index is 1250. The van der Waals surface area contributed by atoms with Crippen molar-refractivity contribution in [2.75, 3.05) is 4.90 Å². The summed E-state index contributed by atoms with van der Waals surface area (Å²) in [6.07, 6.45) is 4.11. The zero-order valence-electron chi connectivity index (χ0n) is 17.4. The van der Waals surface area contributed by atoms with E-state index in [1.807, 2.05) is 12.1 Å². The van der Waals surface area contributed by atoms with Crippen molar-refractivity contribution in [2.45, 2.75) is 31.7 Å². The van der Waals surface area contributed by atoms with Gasteiger partial charge in [0.25, 0.3) is 11.7 Å². The Morgan fingerprint density at radius 2 is 1.56 bits per heavy atom. The minimum atomic E-state index is -1.06. The molecule has 0 radical (unpaired) electrons. The molecule has 3 aromatic carbocycles. The largest absolute Gasteiger partial charge is 0.507 e. The van der Waals surface area contributed by atoms with Crippen LogP contribution in [0.15, 0.2) is 78.4 Å². The normalized spacial score (nSPS) is 19.8. The lowest BCUT2D eigenvalue weighted by Gasteiger charge is -2.25. The Labute approximate surface area is 185 Å². The van der Waals surface area contributed by atoms with Gasteiger partial charge in [0.2, 0.25) is 0 Å². The van der Waals surface area contributed by atoms with Crippen LogP contribution in [0.4, 0.5) is 10.1 Å². The third-order valence-corrected chi connectivity index (χ3v) is 6.30. The molecule has 0 bridgehead atoms. The predicted octanol–water partition coefficient (Wildman–Crippen LogP) is 5.33. The number of aryl methyl sites for hydroxylation is 2. The highest BCUT2D eigenvalue weighted by molar-refractivity contribution is 6.51. The number of fused-ring (bicyclic) bond motifs is 1. The van der Waals surface area contributed by atoms with Crippen molar-refractivity contribution in [2.24, 2.45) is 0 Å². The molecule has 2 aliphatic rings. The number of benzene rings is 3. The number of nitrogens with zero attached hydrogens (tertiary/aromatic N) is 1. The van der Waals surface area contributed by atoms with E-state index in [9.17, 15) is 19.1 Å². The number of amides is 1. The molecule has 1 aliphatic heterocycles. The summed E-state index contributed by atoms with van der Waals surface area (Å²) in [6.45, 7) is 0. The van der Waals surface area contributed by atoms with Gasteiger partial charge in [0.05, 0.1) is 11.6 Å². The number of rotatable bonds is 3. The monoisotopic (exact) mass is 427 g/mol. The maximum absolute atomic E-state index is 14.9. The lowest BCUT2D eigenvalue weighted by atomic mass is 9.88. The van der Waals surface area contributed by atoms with Crippen LogP contribution in [0.1, 0.15) is 41.1 Å². The average molecular weight is 427 g/mol. The molecule has 5 heteroatoms. The number of carbonyl (C=O) groups excluding carboxylic acids is 2. The third-order valence-electron chi connectivity index (χ3n) is 6.30. The van der Waals surface area contributed by atoms with Gasteiger partial charge in [-0.05, 0) is 61.1 Å². The van der Waals surface area contributed by atoms with Crippen molar-refractivity contribution in [3.63, 3.8) is 0 Å². The molecule has 160 valence electrons. The van der Waals surface area contributed by atoms with Crippen LogP contribution in [-0.4, -0.2) is 16.8 Å². The minimum Gasteiger partial charge on any atom is -0.507 e. The third kappa shape index (κ3) is 3.30. The Morgan fingerprint density at radius 3 is 2.31 bits per heavy atom. The van der Waals surface area contributed by atoms with Gasteiger partial charge in [-0.1, -0.05) is 48.5 Å². The van der Waals surface area contributed by atoms with E-state index in [1.165, 1.54) is 16.5 Å². The number of anilines is 1. The Balaban J connectivity index is 1.71. The van der Waals surface area contributed by atoms with E-state index in [0.29, 0.717) is 11.3 Å². The van der Waals surface area contributed by atoms with E-state index >= 15 is 0 Å². The first-order valence-corrected chi connectivity index (χ1v) is 10.8. The molecule has 5 rings (SSSR count). The topological polar surface area (TPSA) is 57.6 Å². The van der Waals surface area contributed by atoms with E-state index < -0.39 is 23.5 Å². The Hall–Kier alpha value is -3.73. The van der Waals surface area contributed by atoms with E-state index in [-0.39, 0.29) is 16.9 Å². The van der Waals surface area contributed by atoms with Crippen LogP contribution in [0.3, 0.4) is 0 Å². The fraction of sp³-hybridized carbons (Fsp3) is 0.185. The van der Waals surface area contributed by atoms with Crippen LogP contribution < -0.4 is 4.90 Å². The quantitative estimate of drug-likeness (QED) is 0.349. The Kier molecular flexibility index (Phi) is 5.10. The van der Waals surface area contributed by atoms with Crippen LogP contribution in [-0.2, 0) is 22.4 Å². The first-order chi connectivity index (χ1) is 15.6. The molecule has 0 aromatic heterocycles. The number of aliphatic hydroxyl groups is 1. The van der Waals surface area contributed by atoms with E-state index in [0.717, 1.165) is 31.2 Å². The number of halogens is 1. The molecule has 1 heterocycles. The minimum absolute atomic E-state index is 0.0975. The van der Waals surface area contributed by atoms with Crippen molar-refractivity contribution < 1.29 is 19.1 Å². The van der Waals surface area contributed by atoms with E-state index in [2.05, 4.69) is 0 Å². The highest BCUT2D eigenvalue weighted by Crippen LogP contribution is 2.43. The number of aliphatic hydroxyl groups excluding tert-OH is 1. The van der Waals surface area contributed by atoms with Gasteiger partial charge in [0, 0.05) is 16.8 Å². The molecule has 1 saturated heterocycles. The van der Waals surface area contributed by atoms with Crippen LogP contribution in [0.25, 0.3) is 5.76 Å². The van der Waals surface area contributed by atoms with Crippen molar-refractivity contribution in [3.05, 3.63) is 106 Å². The summed E-state index contributed by atoms with van der Waals surface area (Å²) in [7, 11) is 0. The molecule has 1 N–H and O–H groups in total. The number of ketones is 1. The van der Waals surface area contributed by atoms with Crippen LogP contribution in [0.2, 0.25) is 0 Å². The Morgan fingerprint density at radius 1 is 0.875 bits per heavy atom. The lowest BCUT2D eigenvalue weighted by molar-refractivity contribution is -0.132.